The molecule has 7 heteroatoms. The Morgan fingerprint density at radius 2 is 1.33 bits per heavy atom. The van der Waals surface area contributed by atoms with Crippen LogP contribution < -0.4 is 14.8 Å². The summed E-state index contributed by atoms with van der Waals surface area (Å²) in [6, 6.07) is 15.1. The Morgan fingerprint density at radius 3 is 1.73 bits per heavy atom. The number of rotatable bonds is 7. The molecule has 1 N–H and O–H groups in total. The molecule has 160 valence electrons. The van der Waals surface area contributed by atoms with Gasteiger partial charge in [0.2, 0.25) is 11.8 Å². The van der Waals surface area contributed by atoms with Crippen molar-refractivity contribution < 1.29 is 19.1 Å². The van der Waals surface area contributed by atoms with E-state index in [-0.39, 0.29) is 17.9 Å². The van der Waals surface area contributed by atoms with Gasteiger partial charge in [-0.15, -0.1) is 0 Å². The van der Waals surface area contributed by atoms with E-state index in [0.717, 1.165) is 22.6 Å². The van der Waals surface area contributed by atoms with Crippen LogP contribution >= 0.6 is 0 Å². The first-order valence-corrected chi connectivity index (χ1v) is 10.1. The number of hydrogen-bond donors (Lipinski definition) is 1. The number of piperazine rings is 1. The van der Waals surface area contributed by atoms with Crippen LogP contribution in [-0.4, -0.2) is 68.6 Å². The zero-order chi connectivity index (χ0) is 21.5. The average Bonchev–Trinajstić information content (AvgIpc) is 2.78. The summed E-state index contributed by atoms with van der Waals surface area (Å²) in [6.07, 6.45) is 0. The van der Waals surface area contributed by atoms with Gasteiger partial charge < -0.3 is 19.7 Å². The third kappa shape index (κ3) is 5.51. The molecular weight excluding hydrogens is 382 g/mol. The lowest BCUT2D eigenvalue weighted by Gasteiger charge is -2.34. The molecule has 1 aliphatic rings. The molecule has 0 bridgehead atoms. The van der Waals surface area contributed by atoms with Crippen molar-refractivity contribution in [3.63, 3.8) is 0 Å². The summed E-state index contributed by atoms with van der Waals surface area (Å²) in [4.78, 5) is 28.2. The third-order valence-corrected chi connectivity index (χ3v) is 5.39. The highest BCUT2D eigenvalue weighted by molar-refractivity contribution is 5.79. The van der Waals surface area contributed by atoms with E-state index in [1.165, 1.54) is 0 Å². The zero-order valence-electron chi connectivity index (χ0n) is 17.8. The van der Waals surface area contributed by atoms with Crippen molar-refractivity contribution in [3.05, 3.63) is 59.7 Å². The SMILES string of the molecule is COc1ccc(C(NC(=O)CN2CCN(C(C)=O)CC2)c2ccc(OC)cc2)cc1. The zero-order valence-corrected chi connectivity index (χ0v) is 17.8. The second-order valence-corrected chi connectivity index (χ2v) is 7.33. The molecule has 0 atom stereocenters. The van der Waals surface area contributed by atoms with Crippen molar-refractivity contribution >= 4 is 11.8 Å². The molecule has 0 saturated carbocycles. The molecule has 0 radical (unpaired) electrons. The topological polar surface area (TPSA) is 71.1 Å². The highest BCUT2D eigenvalue weighted by Gasteiger charge is 2.22. The van der Waals surface area contributed by atoms with Crippen molar-refractivity contribution in [1.29, 1.82) is 0 Å². The smallest absolute Gasteiger partial charge is 0.234 e. The Morgan fingerprint density at radius 1 is 0.867 bits per heavy atom. The molecule has 0 spiro atoms. The lowest BCUT2D eigenvalue weighted by molar-refractivity contribution is -0.131. The minimum Gasteiger partial charge on any atom is -0.497 e. The Labute approximate surface area is 177 Å². The summed E-state index contributed by atoms with van der Waals surface area (Å²) in [5, 5.41) is 3.16. The van der Waals surface area contributed by atoms with E-state index in [9.17, 15) is 9.59 Å². The first kappa shape index (κ1) is 21.6. The van der Waals surface area contributed by atoms with Gasteiger partial charge >= 0.3 is 0 Å². The lowest BCUT2D eigenvalue weighted by atomic mass is 9.98. The number of carbonyl (C=O) groups excluding carboxylic acids is 2. The highest BCUT2D eigenvalue weighted by Crippen LogP contribution is 2.26. The number of benzene rings is 2. The fourth-order valence-corrected chi connectivity index (χ4v) is 3.58. The van der Waals surface area contributed by atoms with Gasteiger partial charge in [0.1, 0.15) is 11.5 Å². The van der Waals surface area contributed by atoms with E-state index in [2.05, 4.69) is 10.2 Å². The number of nitrogens with one attached hydrogen (secondary N) is 1. The largest absolute Gasteiger partial charge is 0.497 e. The van der Waals surface area contributed by atoms with Crippen LogP contribution in [0.2, 0.25) is 0 Å². The van der Waals surface area contributed by atoms with Gasteiger partial charge in [0.15, 0.2) is 0 Å². The molecular formula is C23H29N3O4. The van der Waals surface area contributed by atoms with E-state index >= 15 is 0 Å². The molecule has 1 aliphatic heterocycles. The molecule has 1 saturated heterocycles. The summed E-state index contributed by atoms with van der Waals surface area (Å²) in [5.41, 5.74) is 1.94. The van der Waals surface area contributed by atoms with Crippen molar-refractivity contribution in [2.45, 2.75) is 13.0 Å². The van der Waals surface area contributed by atoms with Crippen molar-refractivity contribution in [3.8, 4) is 11.5 Å². The fourth-order valence-electron chi connectivity index (χ4n) is 3.58. The molecule has 3 rings (SSSR count). The number of carbonyl (C=O) groups is 2. The van der Waals surface area contributed by atoms with Crippen LogP contribution in [0.15, 0.2) is 48.5 Å². The molecule has 7 nitrogen and oxygen atoms in total. The molecule has 2 amide bonds. The molecule has 0 unspecified atom stereocenters. The Balaban J connectivity index is 1.71. The van der Waals surface area contributed by atoms with Gasteiger partial charge in [-0.2, -0.15) is 0 Å². The molecule has 2 aromatic carbocycles. The maximum absolute atomic E-state index is 12.8. The molecule has 0 aromatic heterocycles. The maximum atomic E-state index is 12.8. The minimum absolute atomic E-state index is 0.0529. The van der Waals surface area contributed by atoms with Gasteiger partial charge in [0.25, 0.3) is 0 Å². The number of ether oxygens (including phenoxy) is 2. The fraction of sp³-hybridized carbons (Fsp3) is 0.391. The van der Waals surface area contributed by atoms with E-state index in [4.69, 9.17) is 9.47 Å². The average molecular weight is 412 g/mol. The summed E-state index contributed by atoms with van der Waals surface area (Å²) < 4.78 is 10.5. The standard InChI is InChI=1S/C23H29N3O4/c1-17(27)26-14-12-25(13-15-26)16-22(28)24-23(18-4-8-20(29-2)9-5-18)19-6-10-21(30-3)11-7-19/h4-11,23H,12-16H2,1-3H3,(H,24,28). The van der Waals surface area contributed by atoms with Crippen molar-refractivity contribution in [2.24, 2.45) is 0 Å². The van der Waals surface area contributed by atoms with Crippen LogP contribution in [0, 0.1) is 0 Å². The van der Waals surface area contributed by atoms with Crippen LogP contribution in [0.25, 0.3) is 0 Å². The van der Waals surface area contributed by atoms with Crippen LogP contribution in [0.3, 0.4) is 0 Å². The Kier molecular flexibility index (Phi) is 7.30. The van der Waals surface area contributed by atoms with Crippen LogP contribution in [0.1, 0.15) is 24.1 Å². The lowest BCUT2D eigenvalue weighted by Crippen LogP contribution is -2.50. The predicted octanol–water partition coefficient (Wildman–Crippen LogP) is 2.07. The van der Waals surface area contributed by atoms with Gasteiger partial charge in [-0.05, 0) is 35.4 Å². The normalized spacial score (nSPS) is 14.5. The Hall–Kier alpha value is -3.06. The van der Waals surface area contributed by atoms with Gasteiger partial charge in [0, 0.05) is 33.1 Å². The number of amides is 2. The van der Waals surface area contributed by atoms with E-state index in [1.807, 2.05) is 53.4 Å². The van der Waals surface area contributed by atoms with Crippen LogP contribution in [-0.2, 0) is 9.59 Å². The first-order valence-electron chi connectivity index (χ1n) is 10.1. The van der Waals surface area contributed by atoms with E-state index in [0.29, 0.717) is 32.7 Å². The van der Waals surface area contributed by atoms with Gasteiger partial charge in [-0.3, -0.25) is 14.5 Å². The van der Waals surface area contributed by atoms with Crippen molar-refractivity contribution in [2.75, 3.05) is 46.9 Å². The summed E-state index contributed by atoms with van der Waals surface area (Å²) in [5.74, 6) is 1.56. The molecule has 1 heterocycles. The molecule has 2 aromatic rings. The number of hydrogen-bond acceptors (Lipinski definition) is 5. The predicted molar refractivity (Wildman–Crippen MR) is 115 cm³/mol. The molecule has 1 fully saturated rings. The summed E-state index contributed by atoms with van der Waals surface area (Å²) in [7, 11) is 3.26. The minimum atomic E-state index is -0.284. The van der Waals surface area contributed by atoms with Crippen LogP contribution in [0.5, 0.6) is 11.5 Å². The Bertz CT molecular complexity index is 796. The highest BCUT2D eigenvalue weighted by atomic mass is 16.5. The van der Waals surface area contributed by atoms with E-state index < -0.39 is 0 Å². The number of methoxy groups -OCH3 is 2. The molecule has 30 heavy (non-hydrogen) atoms. The molecule has 0 aliphatic carbocycles. The van der Waals surface area contributed by atoms with Gasteiger partial charge in [0.05, 0.1) is 26.8 Å². The maximum Gasteiger partial charge on any atom is 0.234 e. The van der Waals surface area contributed by atoms with E-state index in [1.54, 1.807) is 21.1 Å². The van der Waals surface area contributed by atoms with Gasteiger partial charge in [-0.25, -0.2) is 0 Å². The third-order valence-electron chi connectivity index (χ3n) is 5.39. The first-order chi connectivity index (χ1) is 14.5. The monoisotopic (exact) mass is 411 g/mol. The van der Waals surface area contributed by atoms with Crippen molar-refractivity contribution in [1.82, 2.24) is 15.1 Å². The van der Waals surface area contributed by atoms with Crippen LogP contribution in [0.4, 0.5) is 0 Å². The summed E-state index contributed by atoms with van der Waals surface area (Å²) in [6.45, 7) is 4.59. The second-order valence-electron chi connectivity index (χ2n) is 7.33. The second kappa shape index (κ2) is 10.1. The number of nitrogens with zero attached hydrogens (tertiary/aromatic N) is 2. The quantitative estimate of drug-likeness (QED) is 0.755. The summed E-state index contributed by atoms with van der Waals surface area (Å²) >= 11 is 0. The van der Waals surface area contributed by atoms with Gasteiger partial charge in [-0.1, -0.05) is 24.3 Å².